The van der Waals surface area contributed by atoms with Crippen molar-refractivity contribution in [1.82, 2.24) is 10.3 Å². The number of hydrogen-bond acceptors (Lipinski definition) is 5. The van der Waals surface area contributed by atoms with E-state index in [9.17, 15) is 4.79 Å². The van der Waals surface area contributed by atoms with Gasteiger partial charge in [0.25, 0.3) is 5.91 Å². The van der Waals surface area contributed by atoms with Crippen LogP contribution in [0.2, 0.25) is 0 Å². The number of carbonyl (C=O) groups excluding carboxylic acids is 1. The highest BCUT2D eigenvalue weighted by molar-refractivity contribution is 5.99. The number of unbranched alkanes of at least 4 members (excludes halogenated alkanes) is 1. The highest BCUT2D eigenvalue weighted by atomic mass is 16.5. The molecule has 1 aromatic carbocycles. The number of rotatable bonds is 9. The van der Waals surface area contributed by atoms with Crippen molar-refractivity contribution in [2.75, 3.05) is 31.7 Å². The van der Waals surface area contributed by atoms with E-state index >= 15 is 0 Å². The van der Waals surface area contributed by atoms with E-state index in [1.807, 2.05) is 37.3 Å². The van der Waals surface area contributed by atoms with Gasteiger partial charge in [0.1, 0.15) is 5.82 Å². The average molecular weight is 398 g/mol. The summed E-state index contributed by atoms with van der Waals surface area (Å²) in [5.41, 5.74) is 1.58. The second-order valence-corrected chi connectivity index (χ2v) is 7.38. The molecule has 2 aromatic rings. The maximum Gasteiger partial charge on any atom is 0.255 e. The molecule has 0 aliphatic carbocycles. The van der Waals surface area contributed by atoms with Crippen molar-refractivity contribution in [1.29, 1.82) is 0 Å². The minimum absolute atomic E-state index is 0.116. The first-order valence-electron chi connectivity index (χ1n) is 10.5. The van der Waals surface area contributed by atoms with E-state index in [-0.39, 0.29) is 11.9 Å². The number of nitrogens with one attached hydrogen (secondary N) is 1. The van der Waals surface area contributed by atoms with Crippen LogP contribution < -0.4 is 19.7 Å². The zero-order chi connectivity index (χ0) is 20.6. The standard InChI is InChI=1S/C23H31N3O3/c1-4-5-15-29-20-11-10-18(16-21(20)28-3)17(2)25-23(27)19-9-8-12-24-22(19)26-13-6-7-14-26/h8-12,16-17H,4-7,13-15H2,1-3H3,(H,25,27). The van der Waals surface area contributed by atoms with Gasteiger partial charge < -0.3 is 19.7 Å². The number of nitrogens with zero attached hydrogens (tertiary/aromatic N) is 2. The van der Waals surface area contributed by atoms with Crippen LogP contribution in [-0.2, 0) is 0 Å². The van der Waals surface area contributed by atoms with Crippen molar-refractivity contribution >= 4 is 11.7 Å². The molecule has 0 saturated carbocycles. The Morgan fingerprint density at radius 3 is 2.76 bits per heavy atom. The molecule has 0 radical (unpaired) electrons. The second kappa shape index (κ2) is 10.1. The molecule has 2 heterocycles. The Morgan fingerprint density at radius 1 is 1.24 bits per heavy atom. The first kappa shape index (κ1) is 21.0. The Bertz CT molecular complexity index is 819. The summed E-state index contributed by atoms with van der Waals surface area (Å²) >= 11 is 0. The fourth-order valence-corrected chi connectivity index (χ4v) is 3.51. The van der Waals surface area contributed by atoms with Crippen LogP contribution in [0.4, 0.5) is 5.82 Å². The average Bonchev–Trinajstić information content (AvgIpc) is 3.28. The van der Waals surface area contributed by atoms with Gasteiger partial charge >= 0.3 is 0 Å². The SMILES string of the molecule is CCCCOc1ccc(C(C)NC(=O)c2cccnc2N2CCCC2)cc1OC. The lowest BCUT2D eigenvalue weighted by atomic mass is 10.1. The van der Waals surface area contributed by atoms with E-state index in [4.69, 9.17) is 9.47 Å². The van der Waals surface area contributed by atoms with Crippen LogP contribution in [0.1, 0.15) is 61.5 Å². The summed E-state index contributed by atoms with van der Waals surface area (Å²) in [5.74, 6) is 2.06. The van der Waals surface area contributed by atoms with E-state index in [1.54, 1.807) is 13.3 Å². The summed E-state index contributed by atoms with van der Waals surface area (Å²) in [6.07, 6.45) is 6.11. The summed E-state index contributed by atoms with van der Waals surface area (Å²) < 4.78 is 11.3. The molecule has 6 nitrogen and oxygen atoms in total. The van der Waals surface area contributed by atoms with E-state index in [1.165, 1.54) is 0 Å². The monoisotopic (exact) mass is 397 g/mol. The molecule has 1 atom stereocenters. The van der Waals surface area contributed by atoms with Gasteiger partial charge in [0.2, 0.25) is 0 Å². The van der Waals surface area contributed by atoms with Crippen LogP contribution in [0.15, 0.2) is 36.5 Å². The number of amides is 1. The van der Waals surface area contributed by atoms with Gasteiger partial charge in [0.05, 0.1) is 25.3 Å². The molecule has 0 bridgehead atoms. The van der Waals surface area contributed by atoms with E-state index < -0.39 is 0 Å². The van der Waals surface area contributed by atoms with Crippen LogP contribution in [-0.4, -0.2) is 37.7 Å². The van der Waals surface area contributed by atoms with Crippen molar-refractivity contribution in [2.45, 2.75) is 45.6 Å². The third-order valence-electron chi connectivity index (χ3n) is 5.23. The first-order chi connectivity index (χ1) is 14.1. The number of pyridine rings is 1. The zero-order valence-corrected chi connectivity index (χ0v) is 17.6. The van der Waals surface area contributed by atoms with Crippen LogP contribution >= 0.6 is 0 Å². The molecule has 29 heavy (non-hydrogen) atoms. The van der Waals surface area contributed by atoms with Crippen molar-refractivity contribution in [3.05, 3.63) is 47.7 Å². The molecule has 1 N–H and O–H groups in total. The predicted octanol–water partition coefficient (Wildman–Crippen LogP) is 4.36. The number of benzene rings is 1. The normalized spacial score (nSPS) is 14.5. The highest BCUT2D eigenvalue weighted by Crippen LogP contribution is 2.31. The maximum atomic E-state index is 13.0. The van der Waals surface area contributed by atoms with Gasteiger partial charge in [-0.05, 0) is 56.0 Å². The molecule has 1 aliphatic rings. The van der Waals surface area contributed by atoms with Gasteiger partial charge in [-0.15, -0.1) is 0 Å². The number of aromatic nitrogens is 1. The lowest BCUT2D eigenvalue weighted by Crippen LogP contribution is -2.30. The molecule has 6 heteroatoms. The van der Waals surface area contributed by atoms with Crippen molar-refractivity contribution in [3.63, 3.8) is 0 Å². The second-order valence-electron chi connectivity index (χ2n) is 7.38. The summed E-state index contributed by atoms with van der Waals surface area (Å²) in [6.45, 7) is 6.66. The summed E-state index contributed by atoms with van der Waals surface area (Å²) in [6, 6.07) is 9.29. The Morgan fingerprint density at radius 2 is 2.03 bits per heavy atom. The molecule has 0 spiro atoms. The number of ether oxygens (including phenoxy) is 2. The molecule has 3 rings (SSSR count). The summed E-state index contributed by atoms with van der Waals surface area (Å²) in [4.78, 5) is 19.6. The summed E-state index contributed by atoms with van der Waals surface area (Å²) in [7, 11) is 1.63. The fraction of sp³-hybridized carbons (Fsp3) is 0.478. The fourth-order valence-electron chi connectivity index (χ4n) is 3.51. The zero-order valence-electron chi connectivity index (χ0n) is 17.6. The van der Waals surface area contributed by atoms with Crippen molar-refractivity contribution in [2.24, 2.45) is 0 Å². The van der Waals surface area contributed by atoms with Crippen LogP contribution in [0.25, 0.3) is 0 Å². The molecule has 1 fully saturated rings. The van der Waals surface area contributed by atoms with Crippen LogP contribution in [0.5, 0.6) is 11.5 Å². The van der Waals surface area contributed by atoms with Gasteiger partial charge in [0.15, 0.2) is 11.5 Å². The maximum absolute atomic E-state index is 13.0. The lowest BCUT2D eigenvalue weighted by Gasteiger charge is -2.21. The number of methoxy groups -OCH3 is 1. The van der Waals surface area contributed by atoms with E-state index in [2.05, 4.69) is 22.1 Å². The van der Waals surface area contributed by atoms with Gasteiger partial charge in [0, 0.05) is 19.3 Å². The van der Waals surface area contributed by atoms with Crippen LogP contribution in [0.3, 0.4) is 0 Å². The van der Waals surface area contributed by atoms with E-state index in [0.29, 0.717) is 17.9 Å². The third-order valence-corrected chi connectivity index (χ3v) is 5.23. The Labute approximate surface area is 173 Å². The molecular weight excluding hydrogens is 366 g/mol. The quantitative estimate of drug-likeness (QED) is 0.637. The van der Waals surface area contributed by atoms with Crippen molar-refractivity contribution < 1.29 is 14.3 Å². The minimum atomic E-state index is -0.173. The van der Waals surface area contributed by atoms with Crippen molar-refractivity contribution in [3.8, 4) is 11.5 Å². The Kier molecular flexibility index (Phi) is 7.33. The van der Waals surface area contributed by atoms with Gasteiger partial charge in [-0.2, -0.15) is 0 Å². The Balaban J connectivity index is 1.71. The number of hydrogen-bond donors (Lipinski definition) is 1. The molecule has 156 valence electrons. The van der Waals surface area contributed by atoms with Crippen LogP contribution in [0, 0.1) is 0 Å². The molecule has 1 aromatic heterocycles. The number of anilines is 1. The highest BCUT2D eigenvalue weighted by Gasteiger charge is 2.22. The molecule has 1 unspecified atom stereocenters. The third kappa shape index (κ3) is 5.19. The molecule has 1 aliphatic heterocycles. The molecular formula is C23H31N3O3. The van der Waals surface area contributed by atoms with Gasteiger partial charge in [-0.3, -0.25) is 4.79 Å². The van der Waals surface area contributed by atoms with Gasteiger partial charge in [-0.1, -0.05) is 19.4 Å². The first-order valence-corrected chi connectivity index (χ1v) is 10.5. The van der Waals surface area contributed by atoms with E-state index in [0.717, 1.165) is 55.9 Å². The molecule has 1 saturated heterocycles. The summed E-state index contributed by atoms with van der Waals surface area (Å²) in [5, 5.41) is 3.10. The van der Waals surface area contributed by atoms with Gasteiger partial charge in [-0.25, -0.2) is 4.98 Å². The molecule has 1 amide bonds. The Hall–Kier alpha value is -2.76. The smallest absolute Gasteiger partial charge is 0.255 e. The minimum Gasteiger partial charge on any atom is -0.493 e. The topological polar surface area (TPSA) is 63.7 Å². The number of carbonyl (C=O) groups is 1. The largest absolute Gasteiger partial charge is 0.493 e. The lowest BCUT2D eigenvalue weighted by molar-refractivity contribution is 0.0940. The predicted molar refractivity (Wildman–Crippen MR) is 115 cm³/mol.